The van der Waals surface area contributed by atoms with E-state index in [1.807, 2.05) is 12.1 Å². The van der Waals surface area contributed by atoms with Crippen molar-refractivity contribution >= 4 is 5.97 Å². The molecule has 2 rings (SSSR count). The molecule has 2 atom stereocenters. The minimum atomic E-state index is -0.818. The fourth-order valence-corrected chi connectivity index (χ4v) is 3.75. The summed E-state index contributed by atoms with van der Waals surface area (Å²) < 4.78 is 5.33. The minimum absolute atomic E-state index is 0.106. The van der Waals surface area contributed by atoms with Crippen molar-refractivity contribution < 1.29 is 19.7 Å². The first-order valence-corrected chi connectivity index (χ1v) is 10.2. The van der Waals surface area contributed by atoms with Crippen LogP contribution in [0.5, 0.6) is 5.75 Å². The smallest absolute Gasteiger partial charge is 0.338 e. The number of carbonyl (C=O) groups excluding carboxylic acids is 1. The summed E-state index contributed by atoms with van der Waals surface area (Å²) in [4.78, 5) is 11.6. The van der Waals surface area contributed by atoms with Crippen molar-refractivity contribution in [2.45, 2.75) is 84.2 Å². The number of phenols is 1. The fraction of sp³-hybridized carbons (Fsp3) is 0.609. The molecule has 0 fully saturated rings. The van der Waals surface area contributed by atoms with Crippen molar-refractivity contribution in [3.05, 3.63) is 41.2 Å². The lowest BCUT2D eigenvalue weighted by molar-refractivity contribution is -0.147. The van der Waals surface area contributed by atoms with Gasteiger partial charge in [-0.25, -0.2) is 4.79 Å². The van der Waals surface area contributed by atoms with E-state index in [1.54, 1.807) is 26.0 Å². The van der Waals surface area contributed by atoms with Crippen LogP contribution < -0.4 is 0 Å². The Morgan fingerprint density at radius 2 is 1.63 bits per heavy atom. The number of aliphatic hydroxyl groups is 1. The molecule has 1 aromatic carbocycles. The summed E-state index contributed by atoms with van der Waals surface area (Å²) in [5, 5.41) is 19.4. The van der Waals surface area contributed by atoms with Crippen LogP contribution in [-0.2, 0) is 16.0 Å². The van der Waals surface area contributed by atoms with Gasteiger partial charge in [0.25, 0.3) is 0 Å². The summed E-state index contributed by atoms with van der Waals surface area (Å²) in [6.07, 6.45) is 9.85. The van der Waals surface area contributed by atoms with Gasteiger partial charge in [0.05, 0.1) is 5.57 Å². The van der Waals surface area contributed by atoms with Crippen molar-refractivity contribution in [1.29, 1.82) is 0 Å². The Bertz CT molecular complexity index is 647. The van der Waals surface area contributed by atoms with Crippen LogP contribution in [0, 0.1) is 5.92 Å². The van der Waals surface area contributed by atoms with Gasteiger partial charge in [-0.2, -0.15) is 0 Å². The zero-order chi connectivity index (χ0) is 19.9. The number of unbranched alkanes of at least 4 members (excludes halogenated alkanes) is 3. The Hall–Kier alpha value is -1.97. The summed E-state index contributed by atoms with van der Waals surface area (Å²) in [6.45, 7) is 5.73. The zero-order valence-electron chi connectivity index (χ0n) is 17.0. The molecule has 4 heteroatoms. The number of rotatable bonds is 11. The van der Waals surface area contributed by atoms with E-state index in [9.17, 15) is 15.0 Å². The third-order valence-corrected chi connectivity index (χ3v) is 5.68. The zero-order valence-corrected chi connectivity index (χ0v) is 17.0. The number of carbonyl (C=O) groups is 1. The average Bonchev–Trinajstić information content (AvgIpc) is 2.83. The number of cyclic esters (lactones) is 1. The molecule has 2 N–H and O–H groups in total. The van der Waals surface area contributed by atoms with Gasteiger partial charge >= 0.3 is 5.97 Å². The predicted octanol–water partition coefficient (Wildman–Crippen LogP) is 5.84. The summed E-state index contributed by atoms with van der Waals surface area (Å²) in [7, 11) is 0. The summed E-state index contributed by atoms with van der Waals surface area (Å²) in [5.74, 6) is 0.763. The number of aromatic hydroxyl groups is 1. The molecule has 1 aliphatic heterocycles. The number of ether oxygens (including phenoxy) is 1. The van der Waals surface area contributed by atoms with Crippen LogP contribution in [0.15, 0.2) is 35.6 Å². The Balaban J connectivity index is 1.53. The van der Waals surface area contributed by atoms with Gasteiger partial charge in [0.15, 0.2) is 5.60 Å². The Morgan fingerprint density at radius 3 is 2.22 bits per heavy atom. The molecule has 0 saturated heterocycles. The minimum Gasteiger partial charge on any atom is -0.508 e. The molecule has 0 radical (unpaired) electrons. The number of hydrogen-bond donors (Lipinski definition) is 2. The highest BCUT2D eigenvalue weighted by Gasteiger charge is 2.42. The second-order valence-electron chi connectivity index (χ2n) is 8.21. The van der Waals surface area contributed by atoms with E-state index < -0.39 is 11.6 Å². The topological polar surface area (TPSA) is 66.8 Å². The van der Waals surface area contributed by atoms with Crippen LogP contribution in [0.2, 0.25) is 0 Å². The van der Waals surface area contributed by atoms with Crippen LogP contribution in [-0.4, -0.2) is 21.8 Å². The van der Waals surface area contributed by atoms with Gasteiger partial charge < -0.3 is 14.9 Å². The molecule has 4 nitrogen and oxygen atoms in total. The average molecular weight is 375 g/mol. The molecule has 0 saturated carbocycles. The molecule has 0 spiro atoms. The van der Waals surface area contributed by atoms with Gasteiger partial charge in [-0.3, -0.25) is 0 Å². The maximum Gasteiger partial charge on any atom is 0.338 e. The number of phenolic OH excluding ortho intramolecular Hbond substituents is 1. The Labute approximate surface area is 163 Å². The van der Waals surface area contributed by atoms with Gasteiger partial charge in [0.1, 0.15) is 11.5 Å². The lowest BCUT2D eigenvalue weighted by Gasteiger charge is -2.23. The molecular weight excluding hydrogens is 340 g/mol. The third-order valence-electron chi connectivity index (χ3n) is 5.68. The molecule has 2 unspecified atom stereocenters. The molecule has 0 amide bonds. The molecule has 1 aliphatic rings. The molecule has 150 valence electrons. The van der Waals surface area contributed by atoms with Crippen molar-refractivity contribution in [3.8, 4) is 5.75 Å². The van der Waals surface area contributed by atoms with Crippen LogP contribution in [0.1, 0.15) is 77.7 Å². The van der Waals surface area contributed by atoms with Gasteiger partial charge in [-0.05, 0) is 63.1 Å². The molecule has 1 heterocycles. The van der Waals surface area contributed by atoms with Crippen molar-refractivity contribution in [3.63, 3.8) is 0 Å². The van der Waals surface area contributed by atoms with Crippen molar-refractivity contribution in [1.82, 2.24) is 0 Å². The number of aliphatic hydroxyl groups excluding tert-OH is 1. The number of benzene rings is 1. The van der Waals surface area contributed by atoms with Gasteiger partial charge in [0, 0.05) is 0 Å². The summed E-state index contributed by atoms with van der Waals surface area (Å²) in [6, 6.07) is 7.49. The Kier molecular flexibility index (Phi) is 7.76. The molecular formula is C23H34O4. The first kappa shape index (κ1) is 21.3. The third kappa shape index (κ3) is 6.30. The van der Waals surface area contributed by atoms with Gasteiger partial charge in [0.2, 0.25) is 0 Å². The van der Waals surface area contributed by atoms with E-state index in [1.165, 1.54) is 37.7 Å². The fourth-order valence-electron chi connectivity index (χ4n) is 3.75. The molecule has 1 aromatic rings. The van der Waals surface area contributed by atoms with Crippen molar-refractivity contribution in [2.75, 3.05) is 0 Å². The van der Waals surface area contributed by atoms with Crippen LogP contribution in [0.4, 0.5) is 0 Å². The van der Waals surface area contributed by atoms with Gasteiger partial charge in [-0.1, -0.05) is 51.2 Å². The quantitative estimate of drug-likeness (QED) is 0.377. The van der Waals surface area contributed by atoms with E-state index >= 15 is 0 Å². The monoisotopic (exact) mass is 374 g/mol. The first-order chi connectivity index (χ1) is 12.8. The van der Waals surface area contributed by atoms with Crippen LogP contribution in [0.3, 0.4) is 0 Å². The second kappa shape index (κ2) is 9.82. The highest BCUT2D eigenvalue weighted by Crippen LogP contribution is 2.35. The normalized spacial score (nSPS) is 20.8. The van der Waals surface area contributed by atoms with E-state index in [2.05, 4.69) is 6.92 Å². The molecule has 0 aromatic heterocycles. The second-order valence-corrected chi connectivity index (χ2v) is 8.21. The standard InChI is InChI=1S/C23H34O4/c1-17(10-6-7-11-19-12-14-20(24)15-13-19)9-5-4-8-16-23(3)21(25)18(2)22(26)27-23/h12-15,17,24-25H,4-11,16H2,1-3H3. The number of aryl methyl sites for hydroxylation is 1. The summed E-state index contributed by atoms with van der Waals surface area (Å²) >= 11 is 0. The highest BCUT2D eigenvalue weighted by atomic mass is 16.6. The van der Waals surface area contributed by atoms with E-state index in [0.29, 0.717) is 17.7 Å². The van der Waals surface area contributed by atoms with Crippen molar-refractivity contribution in [2.24, 2.45) is 5.92 Å². The first-order valence-electron chi connectivity index (χ1n) is 10.2. The molecule has 27 heavy (non-hydrogen) atoms. The van der Waals surface area contributed by atoms with Crippen LogP contribution >= 0.6 is 0 Å². The SMILES string of the molecule is CC1=C(O)C(C)(CCCCCC(C)CCCCc2ccc(O)cc2)OC1=O. The largest absolute Gasteiger partial charge is 0.508 e. The maximum atomic E-state index is 11.6. The Morgan fingerprint density at radius 1 is 1.00 bits per heavy atom. The molecule has 0 bridgehead atoms. The predicted molar refractivity (Wildman–Crippen MR) is 108 cm³/mol. The maximum absolute atomic E-state index is 11.6. The van der Waals surface area contributed by atoms with E-state index in [0.717, 1.165) is 25.2 Å². The highest BCUT2D eigenvalue weighted by molar-refractivity contribution is 5.91. The van der Waals surface area contributed by atoms with Gasteiger partial charge in [-0.15, -0.1) is 0 Å². The number of esters is 1. The lowest BCUT2D eigenvalue weighted by atomic mass is 9.93. The summed E-state index contributed by atoms with van der Waals surface area (Å²) in [5.41, 5.74) is 0.814. The van der Waals surface area contributed by atoms with E-state index in [-0.39, 0.29) is 5.76 Å². The molecule has 0 aliphatic carbocycles. The van der Waals surface area contributed by atoms with E-state index in [4.69, 9.17) is 4.74 Å². The lowest BCUT2D eigenvalue weighted by Crippen LogP contribution is -2.27. The number of hydrogen-bond acceptors (Lipinski definition) is 4. The van der Waals surface area contributed by atoms with Crippen LogP contribution in [0.25, 0.3) is 0 Å².